The van der Waals surface area contributed by atoms with Gasteiger partial charge in [-0.15, -0.1) is 4.91 Å². The predicted molar refractivity (Wildman–Crippen MR) is 75.4 cm³/mol. The van der Waals surface area contributed by atoms with Gasteiger partial charge in [-0.1, -0.05) is 35.1 Å². The lowest BCUT2D eigenvalue weighted by atomic mass is 10.0. The number of carbonyl (C=O) groups is 1. The average molecular weight is 275 g/mol. The fourth-order valence-corrected chi connectivity index (χ4v) is 2.86. The molecule has 2 aliphatic rings. The van der Waals surface area contributed by atoms with Crippen molar-refractivity contribution in [3.63, 3.8) is 0 Å². The number of thioether (sulfide) groups is 1. The van der Waals surface area contributed by atoms with E-state index in [1.165, 1.54) is 11.8 Å². The third-order valence-corrected chi connectivity index (χ3v) is 4.16. The molecule has 5 nitrogen and oxygen atoms in total. The molecule has 1 fully saturated rings. The molecule has 0 spiro atoms. The summed E-state index contributed by atoms with van der Waals surface area (Å²) in [5.74, 6) is 0.366. The highest BCUT2D eigenvalue weighted by molar-refractivity contribution is 8.14. The van der Waals surface area contributed by atoms with Crippen molar-refractivity contribution in [1.82, 2.24) is 5.32 Å². The van der Waals surface area contributed by atoms with Gasteiger partial charge < -0.3 is 5.32 Å². The van der Waals surface area contributed by atoms with E-state index in [2.05, 4.69) is 15.5 Å². The van der Waals surface area contributed by atoms with Gasteiger partial charge in [-0.2, -0.15) is 0 Å². The second-order valence-electron chi connectivity index (χ2n) is 4.64. The Balaban J connectivity index is 1.72. The summed E-state index contributed by atoms with van der Waals surface area (Å²) < 4.78 is 0. The first kappa shape index (κ1) is 12.3. The first-order chi connectivity index (χ1) is 9.28. The number of carbonyl (C=O) groups excluding carboxylic acids is 1. The molecule has 98 valence electrons. The second-order valence-corrected chi connectivity index (χ2v) is 5.81. The minimum Gasteiger partial charge on any atom is -0.301 e. The van der Waals surface area contributed by atoms with Crippen LogP contribution in [0.15, 0.2) is 34.4 Å². The molecule has 0 bridgehead atoms. The van der Waals surface area contributed by atoms with E-state index in [1.807, 2.05) is 24.3 Å². The van der Waals surface area contributed by atoms with Crippen LogP contribution in [-0.4, -0.2) is 23.0 Å². The first-order valence-corrected chi connectivity index (χ1v) is 7.09. The first-order valence-electron chi connectivity index (χ1n) is 6.22. The Hall–Kier alpha value is -1.69. The monoisotopic (exact) mass is 275 g/mol. The molecular formula is C13H13N3O2S. The van der Waals surface area contributed by atoms with Gasteiger partial charge in [0.1, 0.15) is 0 Å². The van der Waals surface area contributed by atoms with Crippen LogP contribution in [0.4, 0.5) is 0 Å². The van der Waals surface area contributed by atoms with Crippen LogP contribution in [-0.2, 0) is 0 Å². The van der Waals surface area contributed by atoms with Gasteiger partial charge in [0, 0.05) is 5.56 Å². The highest BCUT2D eigenvalue weighted by atomic mass is 32.2. The summed E-state index contributed by atoms with van der Waals surface area (Å²) in [4.78, 5) is 26.7. The molecule has 1 N–H and O–H groups in total. The lowest BCUT2D eigenvalue weighted by Crippen LogP contribution is -2.28. The maximum Gasteiger partial charge on any atom is 0.257 e. The zero-order valence-corrected chi connectivity index (χ0v) is 11.0. The summed E-state index contributed by atoms with van der Waals surface area (Å²) >= 11 is 1.20. The van der Waals surface area contributed by atoms with Crippen molar-refractivity contribution in [2.24, 2.45) is 10.2 Å². The highest BCUT2D eigenvalue weighted by Gasteiger charge is 2.28. The molecule has 0 saturated heterocycles. The van der Waals surface area contributed by atoms with Gasteiger partial charge in [0.05, 0.1) is 6.54 Å². The summed E-state index contributed by atoms with van der Waals surface area (Å²) in [5, 5.41) is 5.76. The van der Waals surface area contributed by atoms with Crippen LogP contribution in [0.5, 0.6) is 0 Å². The molecule has 0 radical (unpaired) electrons. The number of nitroso groups, excluding NO2 is 1. The number of hydrogen-bond donors (Lipinski definition) is 1. The minimum absolute atomic E-state index is 0.153. The molecule has 1 heterocycles. The van der Waals surface area contributed by atoms with E-state index < -0.39 is 5.37 Å². The zero-order chi connectivity index (χ0) is 13.2. The number of amidine groups is 1. The number of hydrogen-bond acceptors (Lipinski definition) is 5. The van der Waals surface area contributed by atoms with Crippen LogP contribution in [0.2, 0.25) is 0 Å². The number of nitrogens with one attached hydrogen (secondary N) is 1. The summed E-state index contributed by atoms with van der Waals surface area (Å²) in [6.45, 7) is 0.341. The molecular weight excluding hydrogens is 262 g/mol. The number of amides is 1. The Morgan fingerprint density at radius 2 is 2.16 bits per heavy atom. The second kappa shape index (κ2) is 5.13. The largest absolute Gasteiger partial charge is 0.301 e. The van der Waals surface area contributed by atoms with Crippen molar-refractivity contribution < 1.29 is 4.79 Å². The van der Waals surface area contributed by atoms with Crippen LogP contribution < -0.4 is 5.32 Å². The molecule has 6 heteroatoms. The molecule has 19 heavy (non-hydrogen) atoms. The normalized spacial score (nSPS) is 21.9. The van der Waals surface area contributed by atoms with Crippen molar-refractivity contribution in [1.29, 1.82) is 0 Å². The summed E-state index contributed by atoms with van der Waals surface area (Å²) in [7, 11) is 0. The van der Waals surface area contributed by atoms with Crippen molar-refractivity contribution in [2.75, 3.05) is 6.54 Å². The Kier molecular flexibility index (Phi) is 3.33. The third-order valence-electron chi connectivity index (χ3n) is 3.20. The predicted octanol–water partition coefficient (Wildman–Crippen LogP) is 2.49. The molecule has 1 unspecified atom stereocenters. The molecule has 1 atom stereocenters. The molecule has 0 aromatic heterocycles. The van der Waals surface area contributed by atoms with Gasteiger partial charge in [-0.3, -0.25) is 9.79 Å². The van der Waals surface area contributed by atoms with Gasteiger partial charge in [0.15, 0.2) is 10.5 Å². The van der Waals surface area contributed by atoms with E-state index >= 15 is 0 Å². The molecule has 1 saturated carbocycles. The van der Waals surface area contributed by atoms with Crippen molar-refractivity contribution in [2.45, 2.75) is 24.1 Å². The van der Waals surface area contributed by atoms with E-state index in [4.69, 9.17) is 0 Å². The van der Waals surface area contributed by atoms with Crippen LogP contribution in [0, 0.1) is 4.91 Å². The van der Waals surface area contributed by atoms with Crippen LogP contribution in [0.1, 0.15) is 34.7 Å². The fourth-order valence-electron chi connectivity index (χ4n) is 2.11. The molecule has 1 aliphatic heterocycles. The molecule has 3 rings (SSSR count). The quantitative estimate of drug-likeness (QED) is 0.861. The zero-order valence-electron chi connectivity index (χ0n) is 10.2. The van der Waals surface area contributed by atoms with Gasteiger partial charge in [0.2, 0.25) is 0 Å². The van der Waals surface area contributed by atoms with Crippen molar-refractivity contribution in [3.8, 4) is 0 Å². The Labute approximate surface area is 114 Å². The fraction of sp³-hybridized carbons (Fsp3) is 0.385. The van der Waals surface area contributed by atoms with Crippen LogP contribution in [0.3, 0.4) is 0 Å². The van der Waals surface area contributed by atoms with E-state index in [1.54, 1.807) is 0 Å². The summed E-state index contributed by atoms with van der Waals surface area (Å²) in [6, 6.07) is 7.66. The van der Waals surface area contributed by atoms with Gasteiger partial charge in [-0.25, -0.2) is 0 Å². The van der Waals surface area contributed by atoms with E-state index in [0.717, 1.165) is 18.4 Å². The molecule has 1 aliphatic carbocycles. The lowest BCUT2D eigenvalue weighted by molar-refractivity contribution is 0.0977. The number of benzene rings is 1. The number of rotatable bonds is 3. The third kappa shape index (κ3) is 2.68. The van der Waals surface area contributed by atoms with E-state index in [9.17, 15) is 9.70 Å². The minimum atomic E-state index is -0.408. The number of aliphatic imine (C=N–C) groups is 1. The smallest absolute Gasteiger partial charge is 0.257 e. The van der Waals surface area contributed by atoms with Gasteiger partial charge in [0.25, 0.3) is 5.91 Å². The Bertz CT molecular complexity index is 555. The SMILES string of the molecule is O=NC1CN=C(NC(=O)c2ccccc2C2CC2)S1. The molecule has 1 amide bonds. The topological polar surface area (TPSA) is 70.9 Å². The van der Waals surface area contributed by atoms with Gasteiger partial charge in [-0.05, 0) is 30.4 Å². The lowest BCUT2D eigenvalue weighted by Gasteiger charge is -2.08. The van der Waals surface area contributed by atoms with Crippen molar-refractivity contribution in [3.05, 3.63) is 40.3 Å². The number of nitrogens with zero attached hydrogens (tertiary/aromatic N) is 2. The average Bonchev–Trinajstić information content (AvgIpc) is 3.19. The summed E-state index contributed by atoms with van der Waals surface area (Å²) in [5.41, 5.74) is 1.81. The van der Waals surface area contributed by atoms with Crippen molar-refractivity contribution >= 4 is 22.8 Å². The van der Waals surface area contributed by atoms with Crippen LogP contribution in [0.25, 0.3) is 0 Å². The molecule has 1 aromatic carbocycles. The van der Waals surface area contributed by atoms with E-state index in [-0.39, 0.29) is 5.91 Å². The van der Waals surface area contributed by atoms with E-state index in [0.29, 0.717) is 23.2 Å². The standard InChI is InChI=1S/C13H13N3O2S/c17-12(15-13-14-7-11(16-18)19-13)10-4-2-1-3-9(10)8-5-6-8/h1-4,8,11H,5-7H2,(H,14,15,17). The highest BCUT2D eigenvalue weighted by Crippen LogP contribution is 2.41. The molecule has 1 aromatic rings. The summed E-state index contributed by atoms with van der Waals surface area (Å²) in [6.07, 6.45) is 2.30. The van der Waals surface area contributed by atoms with Gasteiger partial charge >= 0.3 is 0 Å². The Morgan fingerprint density at radius 3 is 2.84 bits per heavy atom. The maximum absolute atomic E-state index is 12.2. The maximum atomic E-state index is 12.2. The Morgan fingerprint density at radius 1 is 1.37 bits per heavy atom. The van der Waals surface area contributed by atoms with Crippen LogP contribution >= 0.6 is 11.8 Å².